The molecule has 0 rings (SSSR count). The van der Waals surface area contributed by atoms with E-state index in [-0.39, 0.29) is 0 Å². The molecule has 0 bridgehead atoms. The molecule has 0 N–H and O–H groups in total. The minimum atomic E-state index is -0.526. The molecule has 0 saturated carbocycles. The van der Waals surface area contributed by atoms with Crippen molar-refractivity contribution in [1.29, 1.82) is 0 Å². The van der Waals surface area contributed by atoms with Crippen LogP contribution >= 0.6 is 0 Å². The third-order valence-corrected chi connectivity index (χ3v) is 2.05. The molecule has 2 unspecified atom stereocenters. The lowest BCUT2D eigenvalue weighted by atomic mass is 10.4. The molecule has 0 aliphatic rings. The van der Waals surface area contributed by atoms with Gasteiger partial charge < -0.3 is 9.47 Å². The van der Waals surface area contributed by atoms with Gasteiger partial charge in [0.2, 0.25) is 0 Å². The molecule has 5 heteroatoms. The number of hydrogen-bond acceptors (Lipinski definition) is 5. The third kappa shape index (κ3) is 4.75. The van der Waals surface area contributed by atoms with Crippen LogP contribution in [-0.4, -0.2) is 36.3 Å². The Balaban J connectivity index is 4.25. The van der Waals surface area contributed by atoms with Crippen LogP contribution in [0.15, 0.2) is 25.3 Å². The summed E-state index contributed by atoms with van der Waals surface area (Å²) >= 11 is 0. The Labute approximate surface area is 95.3 Å². The van der Waals surface area contributed by atoms with Gasteiger partial charge >= 0.3 is 11.9 Å². The van der Waals surface area contributed by atoms with E-state index in [1.54, 1.807) is 25.8 Å². The number of nitrogens with zero attached hydrogens (tertiary/aromatic N) is 1. The van der Waals surface area contributed by atoms with Crippen LogP contribution in [0.3, 0.4) is 0 Å². The van der Waals surface area contributed by atoms with E-state index in [0.29, 0.717) is 0 Å². The van der Waals surface area contributed by atoms with E-state index in [1.807, 2.05) is 0 Å². The number of carbonyl (C=O) groups is 2. The molecule has 0 aromatic heterocycles. The van der Waals surface area contributed by atoms with Gasteiger partial charge in [-0.3, -0.25) is 0 Å². The van der Waals surface area contributed by atoms with Gasteiger partial charge in [-0.25, -0.2) is 14.5 Å². The topological polar surface area (TPSA) is 55.8 Å². The molecule has 90 valence electrons. The van der Waals surface area contributed by atoms with Crippen molar-refractivity contribution < 1.29 is 19.1 Å². The standard InChI is InChI=1S/C11H17NO4/c1-6-10(13)15-8(3)12(5)9(4)16-11(14)7-2/h6-9H,1-2H2,3-5H3. The van der Waals surface area contributed by atoms with Crippen LogP contribution < -0.4 is 0 Å². The van der Waals surface area contributed by atoms with Crippen molar-refractivity contribution in [3.63, 3.8) is 0 Å². The highest BCUT2D eigenvalue weighted by molar-refractivity contribution is 5.81. The van der Waals surface area contributed by atoms with Crippen LogP contribution in [0.5, 0.6) is 0 Å². The quantitative estimate of drug-likeness (QED) is 0.386. The Morgan fingerprint density at radius 1 is 1.06 bits per heavy atom. The van der Waals surface area contributed by atoms with E-state index in [1.165, 1.54) is 0 Å². The number of esters is 2. The molecule has 0 aliphatic heterocycles. The van der Waals surface area contributed by atoms with E-state index in [0.717, 1.165) is 12.2 Å². The normalized spacial score (nSPS) is 13.8. The zero-order valence-electron chi connectivity index (χ0n) is 9.80. The largest absolute Gasteiger partial charge is 0.443 e. The fourth-order valence-electron chi connectivity index (χ4n) is 0.894. The first-order valence-corrected chi connectivity index (χ1v) is 4.80. The van der Waals surface area contributed by atoms with E-state index in [2.05, 4.69) is 13.2 Å². The minimum absolute atomic E-state index is 0.516. The fourth-order valence-corrected chi connectivity index (χ4v) is 0.894. The van der Waals surface area contributed by atoms with Crippen molar-refractivity contribution in [2.24, 2.45) is 0 Å². The van der Waals surface area contributed by atoms with Gasteiger partial charge in [-0.05, 0) is 20.9 Å². The SMILES string of the molecule is C=CC(=O)OC(C)N(C)C(C)OC(=O)C=C. The van der Waals surface area contributed by atoms with Crippen LogP contribution in [0.2, 0.25) is 0 Å². The maximum Gasteiger partial charge on any atom is 0.331 e. The first kappa shape index (κ1) is 14.4. The van der Waals surface area contributed by atoms with Crippen LogP contribution in [-0.2, 0) is 19.1 Å². The second-order valence-electron chi connectivity index (χ2n) is 3.15. The van der Waals surface area contributed by atoms with Crippen molar-refractivity contribution in [3.8, 4) is 0 Å². The Hall–Kier alpha value is -1.62. The summed E-state index contributed by atoms with van der Waals surface area (Å²) < 4.78 is 9.90. The fraction of sp³-hybridized carbons (Fsp3) is 0.455. The number of ether oxygens (including phenoxy) is 2. The predicted octanol–water partition coefficient (Wildman–Crippen LogP) is 1.07. The van der Waals surface area contributed by atoms with Crippen molar-refractivity contribution in [2.45, 2.75) is 26.3 Å². The van der Waals surface area contributed by atoms with E-state index >= 15 is 0 Å². The first-order valence-electron chi connectivity index (χ1n) is 4.80. The molecule has 2 atom stereocenters. The zero-order chi connectivity index (χ0) is 12.7. The summed E-state index contributed by atoms with van der Waals surface area (Å²) in [6.45, 7) is 9.91. The molecule has 0 aromatic carbocycles. The summed E-state index contributed by atoms with van der Waals surface area (Å²) in [5.41, 5.74) is 0. The Morgan fingerprint density at radius 2 is 1.38 bits per heavy atom. The van der Waals surface area contributed by atoms with Crippen molar-refractivity contribution in [2.75, 3.05) is 7.05 Å². The van der Waals surface area contributed by atoms with E-state index in [9.17, 15) is 9.59 Å². The molecular weight excluding hydrogens is 210 g/mol. The molecule has 0 heterocycles. The zero-order valence-corrected chi connectivity index (χ0v) is 9.80. The van der Waals surface area contributed by atoms with Crippen LogP contribution in [0.1, 0.15) is 13.8 Å². The molecule has 0 amide bonds. The predicted molar refractivity (Wildman–Crippen MR) is 59.3 cm³/mol. The van der Waals surface area contributed by atoms with E-state index in [4.69, 9.17) is 9.47 Å². The monoisotopic (exact) mass is 227 g/mol. The summed E-state index contributed by atoms with van der Waals surface area (Å²) in [6, 6.07) is 0. The van der Waals surface area contributed by atoms with Crippen molar-refractivity contribution >= 4 is 11.9 Å². The third-order valence-electron chi connectivity index (χ3n) is 2.05. The average Bonchev–Trinajstić information content (AvgIpc) is 2.27. The number of carbonyl (C=O) groups excluding carboxylic acids is 2. The summed E-state index contributed by atoms with van der Waals surface area (Å²) in [7, 11) is 1.67. The number of hydrogen-bond donors (Lipinski definition) is 0. The molecule has 0 fully saturated rings. The molecule has 16 heavy (non-hydrogen) atoms. The lowest BCUT2D eigenvalue weighted by Gasteiger charge is -2.29. The second-order valence-corrected chi connectivity index (χ2v) is 3.15. The maximum atomic E-state index is 10.9. The smallest absolute Gasteiger partial charge is 0.331 e. The minimum Gasteiger partial charge on any atom is -0.443 e. The molecular formula is C11H17NO4. The van der Waals surface area contributed by atoms with Crippen LogP contribution in [0.25, 0.3) is 0 Å². The molecule has 0 aliphatic carbocycles. The molecule has 5 nitrogen and oxygen atoms in total. The highest BCUT2D eigenvalue weighted by atomic mass is 16.6. The highest BCUT2D eigenvalue weighted by Gasteiger charge is 2.20. The maximum absolute atomic E-state index is 10.9. The molecule has 0 radical (unpaired) electrons. The molecule has 0 spiro atoms. The van der Waals surface area contributed by atoms with Gasteiger partial charge in [0.25, 0.3) is 0 Å². The van der Waals surface area contributed by atoms with Crippen molar-refractivity contribution in [1.82, 2.24) is 4.90 Å². The van der Waals surface area contributed by atoms with Gasteiger partial charge in [0, 0.05) is 12.2 Å². The van der Waals surface area contributed by atoms with Gasteiger partial charge in [0.05, 0.1) is 0 Å². The highest BCUT2D eigenvalue weighted by Crippen LogP contribution is 2.06. The molecule has 0 aromatic rings. The van der Waals surface area contributed by atoms with Crippen LogP contribution in [0.4, 0.5) is 0 Å². The average molecular weight is 227 g/mol. The van der Waals surface area contributed by atoms with Crippen molar-refractivity contribution in [3.05, 3.63) is 25.3 Å². The Kier molecular flexibility index (Phi) is 6.10. The van der Waals surface area contributed by atoms with Gasteiger partial charge in [-0.15, -0.1) is 0 Å². The number of rotatable bonds is 6. The lowest BCUT2D eigenvalue weighted by molar-refractivity contribution is -0.170. The van der Waals surface area contributed by atoms with Gasteiger partial charge in [-0.2, -0.15) is 0 Å². The van der Waals surface area contributed by atoms with Gasteiger partial charge in [-0.1, -0.05) is 13.2 Å². The Morgan fingerprint density at radius 3 is 1.62 bits per heavy atom. The van der Waals surface area contributed by atoms with Gasteiger partial charge in [0.1, 0.15) is 0 Å². The lowest BCUT2D eigenvalue weighted by Crippen LogP contribution is -2.41. The summed E-state index contributed by atoms with van der Waals surface area (Å²) in [6.07, 6.45) is 1.12. The first-order chi connectivity index (χ1) is 7.42. The summed E-state index contributed by atoms with van der Waals surface area (Å²) in [4.78, 5) is 23.5. The summed E-state index contributed by atoms with van der Waals surface area (Å²) in [5, 5.41) is 0. The molecule has 0 saturated heterocycles. The van der Waals surface area contributed by atoms with E-state index < -0.39 is 24.4 Å². The van der Waals surface area contributed by atoms with Crippen LogP contribution in [0, 0.1) is 0 Å². The van der Waals surface area contributed by atoms with Gasteiger partial charge in [0.15, 0.2) is 12.5 Å². The summed E-state index contributed by atoms with van der Waals surface area (Å²) in [5.74, 6) is -1.05. The Bertz CT molecular complexity index is 260. The second kappa shape index (κ2) is 6.79.